The minimum atomic E-state index is 0.0594. The Labute approximate surface area is 102 Å². The van der Waals surface area contributed by atoms with Gasteiger partial charge in [-0.1, -0.05) is 31.2 Å². The van der Waals surface area contributed by atoms with Gasteiger partial charge in [-0.3, -0.25) is 4.79 Å². The molecule has 0 spiro atoms. The number of fused-ring (bicyclic) bond motifs is 1. The maximum Gasteiger partial charge on any atom is 0.222 e. The summed E-state index contributed by atoms with van der Waals surface area (Å²) in [6.45, 7) is 3.39. The molecule has 1 amide bonds. The fourth-order valence-corrected chi connectivity index (χ4v) is 2.48. The van der Waals surface area contributed by atoms with Gasteiger partial charge in [0.1, 0.15) is 0 Å². The van der Waals surface area contributed by atoms with Gasteiger partial charge in [-0.2, -0.15) is 0 Å². The molecule has 0 bridgehead atoms. The zero-order valence-electron chi connectivity index (χ0n) is 10.2. The maximum absolute atomic E-state index is 11.8. The van der Waals surface area contributed by atoms with E-state index in [-0.39, 0.29) is 18.4 Å². The SMILES string of the molecule is CCC(=O)N1CCc2ccccc2C(CO)C1. The smallest absolute Gasteiger partial charge is 0.222 e. The van der Waals surface area contributed by atoms with E-state index in [1.807, 2.05) is 24.0 Å². The molecule has 1 atom stereocenters. The van der Waals surface area contributed by atoms with Gasteiger partial charge < -0.3 is 10.0 Å². The lowest BCUT2D eigenvalue weighted by atomic mass is 9.95. The Morgan fingerprint density at radius 1 is 1.47 bits per heavy atom. The highest BCUT2D eigenvalue weighted by molar-refractivity contribution is 5.76. The largest absolute Gasteiger partial charge is 0.396 e. The third-order valence-corrected chi connectivity index (χ3v) is 3.46. The molecule has 0 aliphatic carbocycles. The Balaban J connectivity index is 2.26. The molecule has 2 rings (SSSR count). The zero-order chi connectivity index (χ0) is 12.3. The predicted molar refractivity (Wildman–Crippen MR) is 66.8 cm³/mol. The molecule has 17 heavy (non-hydrogen) atoms. The molecule has 3 heteroatoms. The maximum atomic E-state index is 11.8. The Kier molecular flexibility index (Phi) is 3.79. The molecule has 1 N–H and O–H groups in total. The first-order chi connectivity index (χ1) is 8.26. The number of hydrogen-bond donors (Lipinski definition) is 1. The van der Waals surface area contributed by atoms with Gasteiger partial charge in [-0.25, -0.2) is 0 Å². The summed E-state index contributed by atoms with van der Waals surface area (Å²) in [4.78, 5) is 13.7. The van der Waals surface area contributed by atoms with Gasteiger partial charge in [0.25, 0.3) is 0 Å². The second kappa shape index (κ2) is 5.32. The minimum Gasteiger partial charge on any atom is -0.396 e. The summed E-state index contributed by atoms with van der Waals surface area (Å²) in [7, 11) is 0. The van der Waals surface area contributed by atoms with Gasteiger partial charge in [-0.15, -0.1) is 0 Å². The third-order valence-electron chi connectivity index (χ3n) is 3.46. The summed E-state index contributed by atoms with van der Waals surface area (Å²) in [5.41, 5.74) is 2.46. The molecule has 92 valence electrons. The van der Waals surface area contributed by atoms with Crippen LogP contribution in [0.15, 0.2) is 24.3 Å². The molecule has 0 radical (unpaired) electrons. The van der Waals surface area contributed by atoms with Crippen molar-refractivity contribution >= 4 is 5.91 Å². The summed E-state index contributed by atoms with van der Waals surface area (Å²) in [6.07, 6.45) is 1.42. The first-order valence-corrected chi connectivity index (χ1v) is 6.22. The third kappa shape index (κ3) is 2.50. The predicted octanol–water partition coefficient (Wildman–Crippen LogP) is 1.56. The van der Waals surface area contributed by atoms with Crippen molar-refractivity contribution in [1.29, 1.82) is 0 Å². The molecule has 0 aromatic heterocycles. The van der Waals surface area contributed by atoms with Crippen molar-refractivity contribution < 1.29 is 9.90 Å². The number of carbonyl (C=O) groups is 1. The van der Waals surface area contributed by atoms with Gasteiger partial charge in [0, 0.05) is 25.4 Å². The van der Waals surface area contributed by atoms with Gasteiger partial charge in [0.15, 0.2) is 0 Å². The molecule has 0 saturated heterocycles. The van der Waals surface area contributed by atoms with E-state index in [1.54, 1.807) is 0 Å². The summed E-state index contributed by atoms with van der Waals surface area (Å²) < 4.78 is 0. The number of nitrogens with zero attached hydrogens (tertiary/aromatic N) is 1. The van der Waals surface area contributed by atoms with E-state index in [9.17, 15) is 9.90 Å². The van der Waals surface area contributed by atoms with Crippen LogP contribution in [-0.2, 0) is 11.2 Å². The number of rotatable bonds is 2. The monoisotopic (exact) mass is 233 g/mol. The lowest BCUT2D eigenvalue weighted by Gasteiger charge is -2.23. The van der Waals surface area contributed by atoms with Crippen LogP contribution < -0.4 is 0 Å². The molecular weight excluding hydrogens is 214 g/mol. The van der Waals surface area contributed by atoms with Gasteiger partial charge >= 0.3 is 0 Å². The van der Waals surface area contributed by atoms with Crippen molar-refractivity contribution in [3.05, 3.63) is 35.4 Å². The van der Waals surface area contributed by atoms with Crippen molar-refractivity contribution in [2.75, 3.05) is 19.7 Å². The highest BCUT2D eigenvalue weighted by Gasteiger charge is 2.24. The second-order valence-corrected chi connectivity index (χ2v) is 4.52. The average molecular weight is 233 g/mol. The normalized spacial score (nSPS) is 19.6. The fourth-order valence-electron chi connectivity index (χ4n) is 2.48. The highest BCUT2D eigenvalue weighted by Crippen LogP contribution is 2.25. The van der Waals surface area contributed by atoms with Crippen LogP contribution >= 0.6 is 0 Å². The van der Waals surface area contributed by atoms with E-state index < -0.39 is 0 Å². The van der Waals surface area contributed by atoms with E-state index in [1.165, 1.54) is 11.1 Å². The van der Waals surface area contributed by atoms with E-state index in [0.29, 0.717) is 13.0 Å². The van der Waals surface area contributed by atoms with Crippen molar-refractivity contribution in [3.8, 4) is 0 Å². The van der Waals surface area contributed by atoms with Crippen LogP contribution in [0.3, 0.4) is 0 Å². The summed E-state index contributed by atoms with van der Waals surface area (Å²) in [5.74, 6) is 0.237. The molecule has 1 aliphatic heterocycles. The van der Waals surface area contributed by atoms with Crippen LogP contribution in [-0.4, -0.2) is 35.6 Å². The molecule has 3 nitrogen and oxygen atoms in total. The number of benzene rings is 1. The first kappa shape index (κ1) is 12.1. The zero-order valence-corrected chi connectivity index (χ0v) is 10.2. The van der Waals surface area contributed by atoms with E-state index in [0.717, 1.165) is 13.0 Å². The Morgan fingerprint density at radius 3 is 2.94 bits per heavy atom. The van der Waals surface area contributed by atoms with Crippen LogP contribution in [0.2, 0.25) is 0 Å². The minimum absolute atomic E-state index is 0.0594. The Morgan fingerprint density at radius 2 is 2.24 bits per heavy atom. The fraction of sp³-hybridized carbons (Fsp3) is 0.500. The molecule has 1 unspecified atom stereocenters. The van der Waals surface area contributed by atoms with E-state index >= 15 is 0 Å². The molecular formula is C14H19NO2. The van der Waals surface area contributed by atoms with Crippen molar-refractivity contribution in [1.82, 2.24) is 4.90 Å². The molecule has 1 aromatic carbocycles. The second-order valence-electron chi connectivity index (χ2n) is 4.52. The first-order valence-electron chi connectivity index (χ1n) is 6.22. The molecule has 0 saturated carbocycles. The summed E-state index contributed by atoms with van der Waals surface area (Å²) >= 11 is 0. The lowest BCUT2D eigenvalue weighted by molar-refractivity contribution is -0.131. The van der Waals surface area contributed by atoms with Crippen LogP contribution in [0.5, 0.6) is 0 Å². The van der Waals surface area contributed by atoms with Gasteiger partial charge in [0.05, 0.1) is 6.61 Å². The standard InChI is InChI=1S/C14H19NO2/c1-2-14(17)15-8-7-11-5-3-4-6-13(11)12(9-15)10-16/h3-6,12,16H,2,7-10H2,1H3. The number of aliphatic hydroxyl groups excluding tert-OH is 1. The topological polar surface area (TPSA) is 40.5 Å². The highest BCUT2D eigenvalue weighted by atomic mass is 16.3. The summed E-state index contributed by atoms with van der Waals surface area (Å²) in [5, 5.41) is 9.50. The Hall–Kier alpha value is -1.35. The van der Waals surface area contributed by atoms with Crippen LogP contribution in [0.1, 0.15) is 30.4 Å². The summed E-state index contributed by atoms with van der Waals surface area (Å²) in [6, 6.07) is 8.18. The van der Waals surface area contributed by atoms with Crippen LogP contribution in [0, 0.1) is 0 Å². The van der Waals surface area contributed by atoms with Crippen molar-refractivity contribution in [2.45, 2.75) is 25.7 Å². The van der Waals surface area contributed by atoms with Gasteiger partial charge in [-0.05, 0) is 17.5 Å². The van der Waals surface area contributed by atoms with Crippen LogP contribution in [0.25, 0.3) is 0 Å². The number of amides is 1. The quantitative estimate of drug-likeness (QED) is 0.842. The van der Waals surface area contributed by atoms with E-state index in [2.05, 4.69) is 12.1 Å². The molecule has 1 aromatic rings. The number of aliphatic hydroxyl groups is 1. The number of hydrogen-bond acceptors (Lipinski definition) is 2. The van der Waals surface area contributed by atoms with Crippen molar-refractivity contribution in [3.63, 3.8) is 0 Å². The molecule has 1 heterocycles. The molecule has 0 fully saturated rings. The van der Waals surface area contributed by atoms with E-state index in [4.69, 9.17) is 0 Å². The molecule has 1 aliphatic rings. The van der Waals surface area contributed by atoms with Crippen molar-refractivity contribution in [2.24, 2.45) is 0 Å². The average Bonchev–Trinajstić information content (AvgIpc) is 2.57. The van der Waals surface area contributed by atoms with Gasteiger partial charge in [0.2, 0.25) is 5.91 Å². The number of carbonyl (C=O) groups excluding carboxylic acids is 1. The Bertz CT molecular complexity index is 403. The van der Waals surface area contributed by atoms with Crippen LogP contribution in [0.4, 0.5) is 0 Å². The lowest BCUT2D eigenvalue weighted by Crippen LogP contribution is -2.34.